The Hall–Kier alpha value is -1.45. The van der Waals surface area contributed by atoms with Crippen molar-refractivity contribution in [2.24, 2.45) is 5.16 Å². The van der Waals surface area contributed by atoms with Gasteiger partial charge in [-0.25, -0.2) is 9.97 Å². The number of hydrogen-bond donors (Lipinski definition) is 1. The fraction of sp³-hybridized carbons (Fsp3) is 0.444. The standard InChI is InChI=1S/C9H11N3O/c13-12-4-7-2-1-3-9-8(7)5-10-6-11-9/h4-7,13H,1-3H2. The van der Waals surface area contributed by atoms with E-state index in [1.807, 2.05) is 6.20 Å². The molecule has 2 rings (SSSR count). The highest BCUT2D eigenvalue weighted by Gasteiger charge is 2.19. The maximum Gasteiger partial charge on any atom is 0.115 e. The smallest absolute Gasteiger partial charge is 0.115 e. The van der Waals surface area contributed by atoms with E-state index in [2.05, 4.69) is 15.1 Å². The largest absolute Gasteiger partial charge is 0.411 e. The highest BCUT2D eigenvalue weighted by molar-refractivity contribution is 5.67. The van der Waals surface area contributed by atoms with Gasteiger partial charge in [0.05, 0.1) is 6.21 Å². The summed E-state index contributed by atoms with van der Waals surface area (Å²) in [6, 6.07) is 0. The molecule has 0 amide bonds. The third-order valence-electron chi connectivity index (χ3n) is 2.40. The molecule has 4 heteroatoms. The predicted molar refractivity (Wildman–Crippen MR) is 48.0 cm³/mol. The Morgan fingerprint density at radius 1 is 1.62 bits per heavy atom. The van der Waals surface area contributed by atoms with Crippen molar-refractivity contribution in [3.8, 4) is 0 Å². The molecule has 0 spiro atoms. The summed E-state index contributed by atoms with van der Waals surface area (Å²) in [5.74, 6) is 0.190. The highest BCUT2D eigenvalue weighted by atomic mass is 16.4. The predicted octanol–water partition coefficient (Wildman–Crippen LogP) is 1.36. The molecule has 1 aromatic heterocycles. The molecule has 4 nitrogen and oxygen atoms in total. The van der Waals surface area contributed by atoms with E-state index in [0.29, 0.717) is 0 Å². The molecular weight excluding hydrogens is 166 g/mol. The van der Waals surface area contributed by atoms with Crippen LogP contribution in [-0.2, 0) is 6.42 Å². The van der Waals surface area contributed by atoms with Gasteiger partial charge in [-0.15, -0.1) is 5.16 Å². The second-order valence-corrected chi connectivity index (χ2v) is 3.19. The van der Waals surface area contributed by atoms with Gasteiger partial charge in [-0.05, 0) is 19.3 Å². The molecule has 0 bridgehead atoms. The number of nitrogens with zero attached hydrogens (tertiary/aromatic N) is 3. The maximum atomic E-state index is 8.47. The van der Waals surface area contributed by atoms with Crippen molar-refractivity contribution in [1.82, 2.24) is 9.97 Å². The van der Waals surface area contributed by atoms with Crippen molar-refractivity contribution in [1.29, 1.82) is 0 Å². The van der Waals surface area contributed by atoms with Crippen LogP contribution in [0.3, 0.4) is 0 Å². The number of aryl methyl sites for hydroxylation is 1. The molecule has 1 atom stereocenters. The van der Waals surface area contributed by atoms with Crippen LogP contribution in [0.2, 0.25) is 0 Å². The van der Waals surface area contributed by atoms with Crippen LogP contribution in [0.4, 0.5) is 0 Å². The van der Waals surface area contributed by atoms with Gasteiger partial charge < -0.3 is 5.21 Å². The van der Waals surface area contributed by atoms with E-state index in [9.17, 15) is 0 Å². The second kappa shape index (κ2) is 3.51. The summed E-state index contributed by atoms with van der Waals surface area (Å²) in [5.41, 5.74) is 2.19. The second-order valence-electron chi connectivity index (χ2n) is 3.19. The Balaban J connectivity index is 2.36. The average Bonchev–Trinajstić information content (AvgIpc) is 2.19. The molecule has 68 valence electrons. The minimum Gasteiger partial charge on any atom is -0.411 e. The molecule has 0 radical (unpaired) electrons. The minimum absolute atomic E-state index is 0.190. The molecule has 1 aliphatic carbocycles. The first kappa shape index (κ1) is 8.16. The van der Waals surface area contributed by atoms with Gasteiger partial charge >= 0.3 is 0 Å². The van der Waals surface area contributed by atoms with Crippen molar-refractivity contribution in [2.45, 2.75) is 25.2 Å². The lowest BCUT2D eigenvalue weighted by Crippen LogP contribution is -2.12. The van der Waals surface area contributed by atoms with E-state index < -0.39 is 0 Å². The SMILES string of the molecule is ON=CC1CCCc2ncncc21. The monoisotopic (exact) mass is 177 g/mol. The molecule has 1 N–H and O–H groups in total. The van der Waals surface area contributed by atoms with Crippen LogP contribution in [0.5, 0.6) is 0 Å². The third kappa shape index (κ3) is 1.52. The van der Waals surface area contributed by atoms with Crippen LogP contribution < -0.4 is 0 Å². The summed E-state index contributed by atoms with van der Waals surface area (Å²) in [5, 5.41) is 11.6. The van der Waals surface area contributed by atoms with Gasteiger partial charge in [-0.2, -0.15) is 0 Å². The first-order valence-electron chi connectivity index (χ1n) is 4.38. The Labute approximate surface area is 76.3 Å². The van der Waals surface area contributed by atoms with Gasteiger partial charge in [0.1, 0.15) is 6.33 Å². The number of aromatic nitrogens is 2. The summed E-state index contributed by atoms with van der Waals surface area (Å²) in [6.45, 7) is 0. The summed E-state index contributed by atoms with van der Waals surface area (Å²) in [7, 11) is 0. The molecule has 0 saturated carbocycles. The first-order chi connectivity index (χ1) is 6.42. The molecule has 1 unspecified atom stereocenters. The van der Waals surface area contributed by atoms with Crippen LogP contribution in [-0.4, -0.2) is 21.4 Å². The van der Waals surface area contributed by atoms with Crippen LogP contribution in [0.15, 0.2) is 17.7 Å². The molecule has 1 aliphatic rings. The van der Waals surface area contributed by atoms with Gasteiger partial charge in [-0.3, -0.25) is 0 Å². The molecule has 1 aromatic rings. The van der Waals surface area contributed by atoms with Crippen LogP contribution in [0, 0.1) is 0 Å². The van der Waals surface area contributed by atoms with E-state index in [0.717, 1.165) is 30.5 Å². The molecular formula is C9H11N3O. The Bertz CT molecular complexity index is 324. The van der Waals surface area contributed by atoms with Crippen molar-refractivity contribution < 1.29 is 5.21 Å². The lowest BCUT2D eigenvalue weighted by atomic mass is 9.87. The molecule has 0 saturated heterocycles. The van der Waals surface area contributed by atoms with Crippen molar-refractivity contribution in [3.63, 3.8) is 0 Å². The van der Waals surface area contributed by atoms with E-state index in [4.69, 9.17) is 5.21 Å². The number of fused-ring (bicyclic) bond motifs is 1. The van der Waals surface area contributed by atoms with Gasteiger partial charge in [0, 0.05) is 23.4 Å². The summed E-state index contributed by atoms with van der Waals surface area (Å²) in [4.78, 5) is 8.17. The minimum atomic E-state index is 0.190. The Kier molecular flexibility index (Phi) is 2.21. The Morgan fingerprint density at radius 2 is 2.54 bits per heavy atom. The average molecular weight is 177 g/mol. The van der Waals surface area contributed by atoms with Crippen molar-refractivity contribution in [2.75, 3.05) is 0 Å². The van der Waals surface area contributed by atoms with Gasteiger partial charge in [-0.1, -0.05) is 0 Å². The van der Waals surface area contributed by atoms with Gasteiger partial charge in [0.2, 0.25) is 0 Å². The van der Waals surface area contributed by atoms with Gasteiger partial charge in [0.25, 0.3) is 0 Å². The fourth-order valence-electron chi connectivity index (χ4n) is 1.76. The zero-order valence-electron chi connectivity index (χ0n) is 7.22. The number of rotatable bonds is 1. The first-order valence-corrected chi connectivity index (χ1v) is 4.38. The quantitative estimate of drug-likeness (QED) is 0.400. The Morgan fingerprint density at radius 3 is 3.38 bits per heavy atom. The van der Waals surface area contributed by atoms with Crippen molar-refractivity contribution >= 4 is 6.21 Å². The topological polar surface area (TPSA) is 58.4 Å². The van der Waals surface area contributed by atoms with E-state index in [1.165, 1.54) is 0 Å². The molecule has 0 fully saturated rings. The number of oxime groups is 1. The highest BCUT2D eigenvalue weighted by Crippen LogP contribution is 2.27. The lowest BCUT2D eigenvalue weighted by molar-refractivity contribution is 0.319. The summed E-state index contributed by atoms with van der Waals surface area (Å²) in [6.07, 6.45) is 8.06. The van der Waals surface area contributed by atoms with Crippen LogP contribution in [0.1, 0.15) is 30.0 Å². The van der Waals surface area contributed by atoms with Crippen molar-refractivity contribution in [3.05, 3.63) is 23.8 Å². The van der Waals surface area contributed by atoms with E-state index >= 15 is 0 Å². The normalized spacial score (nSPS) is 21.7. The maximum absolute atomic E-state index is 8.47. The summed E-state index contributed by atoms with van der Waals surface area (Å²) < 4.78 is 0. The van der Waals surface area contributed by atoms with E-state index in [1.54, 1.807) is 12.5 Å². The molecule has 0 aromatic carbocycles. The summed E-state index contributed by atoms with van der Waals surface area (Å²) >= 11 is 0. The zero-order valence-corrected chi connectivity index (χ0v) is 7.22. The molecule has 0 aliphatic heterocycles. The zero-order chi connectivity index (χ0) is 9.10. The van der Waals surface area contributed by atoms with E-state index in [-0.39, 0.29) is 5.92 Å². The van der Waals surface area contributed by atoms with Crippen LogP contribution >= 0.6 is 0 Å². The molecule has 13 heavy (non-hydrogen) atoms. The fourth-order valence-corrected chi connectivity index (χ4v) is 1.76. The number of hydrogen-bond acceptors (Lipinski definition) is 4. The van der Waals surface area contributed by atoms with Crippen LogP contribution in [0.25, 0.3) is 0 Å². The third-order valence-corrected chi connectivity index (χ3v) is 2.40. The van der Waals surface area contributed by atoms with Gasteiger partial charge in [0.15, 0.2) is 0 Å². The molecule has 1 heterocycles. The lowest BCUT2D eigenvalue weighted by Gasteiger charge is -2.19.